The smallest absolute Gasteiger partial charge is 0.256 e. The van der Waals surface area contributed by atoms with Gasteiger partial charge in [-0.1, -0.05) is 35.5 Å². The number of ether oxygens (including phenoxy) is 1. The maximum Gasteiger partial charge on any atom is 0.256 e. The van der Waals surface area contributed by atoms with E-state index in [0.717, 1.165) is 22.1 Å². The monoisotopic (exact) mass is 392 g/mol. The molecule has 0 aliphatic heterocycles. The Morgan fingerprint density at radius 3 is 2.69 bits per heavy atom. The van der Waals surface area contributed by atoms with Gasteiger partial charge in [-0.15, -0.1) is 10.2 Å². The number of nitrogens with zero attached hydrogens (tertiary/aromatic N) is 4. The SMILES string of the molecule is Cc1cc(C)n2c(SC[C@@H](O)CO[C@@H](C)c3ccc(Cl)cc3)nnc2n1. The van der Waals surface area contributed by atoms with E-state index < -0.39 is 6.10 Å². The van der Waals surface area contributed by atoms with Gasteiger partial charge in [0.15, 0.2) is 5.16 Å². The van der Waals surface area contributed by atoms with Crippen molar-refractivity contribution in [3.63, 3.8) is 0 Å². The number of hydrogen-bond donors (Lipinski definition) is 1. The van der Waals surface area contributed by atoms with Crippen molar-refractivity contribution in [1.82, 2.24) is 19.6 Å². The number of rotatable bonds is 7. The van der Waals surface area contributed by atoms with Crippen LogP contribution in [0.5, 0.6) is 0 Å². The summed E-state index contributed by atoms with van der Waals surface area (Å²) in [5, 5.41) is 19.9. The Morgan fingerprint density at radius 2 is 1.96 bits per heavy atom. The van der Waals surface area contributed by atoms with Crippen LogP contribution < -0.4 is 0 Å². The third-order valence-electron chi connectivity index (χ3n) is 3.95. The Labute approximate surface area is 161 Å². The Hall–Kier alpha value is -1.67. The fraction of sp³-hybridized carbons (Fsp3) is 0.389. The second-order valence-electron chi connectivity index (χ2n) is 6.15. The van der Waals surface area contributed by atoms with Crippen molar-refractivity contribution >= 4 is 29.1 Å². The van der Waals surface area contributed by atoms with Gasteiger partial charge in [-0.3, -0.25) is 4.40 Å². The highest BCUT2D eigenvalue weighted by atomic mass is 35.5. The number of fused-ring (bicyclic) bond motifs is 1. The fourth-order valence-electron chi connectivity index (χ4n) is 2.60. The maximum atomic E-state index is 10.2. The fourth-order valence-corrected chi connectivity index (χ4v) is 3.61. The molecule has 0 aliphatic carbocycles. The van der Waals surface area contributed by atoms with E-state index in [2.05, 4.69) is 15.2 Å². The second kappa shape index (κ2) is 8.35. The molecule has 8 heteroatoms. The predicted molar refractivity (Wildman–Crippen MR) is 103 cm³/mol. The van der Waals surface area contributed by atoms with Crippen molar-refractivity contribution < 1.29 is 9.84 Å². The van der Waals surface area contributed by atoms with Crippen LogP contribution in [0.1, 0.15) is 30.0 Å². The standard InChI is InChI=1S/C18H21ClN4O2S/c1-11-8-12(2)23-17(20-11)21-22-18(23)26-10-16(24)9-25-13(3)14-4-6-15(19)7-5-14/h4-8,13,16,24H,9-10H2,1-3H3/t13-,16-/m0/s1. The first-order valence-corrected chi connectivity index (χ1v) is 9.67. The summed E-state index contributed by atoms with van der Waals surface area (Å²) < 4.78 is 7.66. The van der Waals surface area contributed by atoms with Gasteiger partial charge in [0.25, 0.3) is 5.78 Å². The minimum Gasteiger partial charge on any atom is -0.390 e. The van der Waals surface area contributed by atoms with Gasteiger partial charge in [-0.25, -0.2) is 4.98 Å². The van der Waals surface area contributed by atoms with Crippen LogP contribution in [0.4, 0.5) is 0 Å². The van der Waals surface area contributed by atoms with Gasteiger partial charge in [0.05, 0.1) is 18.8 Å². The van der Waals surface area contributed by atoms with Crippen LogP contribution in [0.2, 0.25) is 5.02 Å². The highest BCUT2D eigenvalue weighted by Gasteiger charge is 2.14. The second-order valence-corrected chi connectivity index (χ2v) is 7.57. The van der Waals surface area contributed by atoms with Crippen molar-refractivity contribution in [2.45, 2.75) is 38.1 Å². The van der Waals surface area contributed by atoms with Crippen LogP contribution in [0, 0.1) is 13.8 Å². The number of aliphatic hydroxyl groups is 1. The predicted octanol–water partition coefficient (Wildman–Crippen LogP) is 3.63. The Balaban J connectivity index is 1.54. The maximum absolute atomic E-state index is 10.2. The summed E-state index contributed by atoms with van der Waals surface area (Å²) in [5.74, 6) is 1.04. The molecule has 1 aromatic carbocycles. The molecule has 6 nitrogen and oxygen atoms in total. The molecule has 0 fully saturated rings. The van der Waals surface area contributed by atoms with E-state index in [1.54, 1.807) is 0 Å². The largest absolute Gasteiger partial charge is 0.390 e. The van der Waals surface area contributed by atoms with Gasteiger partial charge >= 0.3 is 0 Å². The minimum absolute atomic E-state index is 0.116. The van der Waals surface area contributed by atoms with Crippen molar-refractivity contribution in [3.8, 4) is 0 Å². The molecule has 0 saturated heterocycles. The van der Waals surface area contributed by atoms with Crippen molar-refractivity contribution in [2.24, 2.45) is 0 Å². The van der Waals surface area contributed by atoms with Crippen molar-refractivity contribution in [1.29, 1.82) is 0 Å². The average Bonchev–Trinajstić information content (AvgIpc) is 3.01. The highest BCUT2D eigenvalue weighted by Crippen LogP contribution is 2.22. The average molecular weight is 393 g/mol. The van der Waals surface area contributed by atoms with Gasteiger partial charge in [-0.05, 0) is 44.5 Å². The number of thioether (sulfide) groups is 1. The zero-order valence-corrected chi connectivity index (χ0v) is 16.5. The summed E-state index contributed by atoms with van der Waals surface area (Å²) in [6.07, 6.45) is -0.726. The molecule has 138 valence electrons. The zero-order chi connectivity index (χ0) is 18.7. The molecule has 3 rings (SSSR count). The molecule has 26 heavy (non-hydrogen) atoms. The summed E-state index contributed by atoms with van der Waals surface area (Å²) in [7, 11) is 0. The van der Waals surface area contributed by atoms with E-state index in [9.17, 15) is 5.11 Å². The minimum atomic E-state index is -0.610. The van der Waals surface area contributed by atoms with E-state index in [4.69, 9.17) is 16.3 Å². The van der Waals surface area contributed by atoms with E-state index in [1.807, 2.05) is 55.5 Å². The van der Waals surface area contributed by atoms with Crippen LogP contribution in [-0.4, -0.2) is 43.2 Å². The van der Waals surface area contributed by atoms with E-state index in [0.29, 0.717) is 16.6 Å². The lowest BCUT2D eigenvalue weighted by Gasteiger charge is -2.16. The number of aryl methyl sites for hydroxylation is 2. The summed E-state index contributed by atoms with van der Waals surface area (Å²) in [6, 6.07) is 9.49. The summed E-state index contributed by atoms with van der Waals surface area (Å²) in [5.41, 5.74) is 2.94. The van der Waals surface area contributed by atoms with E-state index in [-0.39, 0.29) is 12.7 Å². The molecule has 3 aromatic rings. The normalized spacial score (nSPS) is 13.9. The molecule has 0 amide bonds. The van der Waals surface area contributed by atoms with Crippen LogP contribution in [0.3, 0.4) is 0 Å². The highest BCUT2D eigenvalue weighted by molar-refractivity contribution is 7.99. The summed E-state index contributed by atoms with van der Waals surface area (Å²) in [4.78, 5) is 4.36. The zero-order valence-electron chi connectivity index (χ0n) is 14.9. The Bertz CT molecular complexity index is 885. The van der Waals surface area contributed by atoms with Crippen LogP contribution >= 0.6 is 23.4 Å². The molecule has 0 spiro atoms. The molecule has 2 atom stereocenters. The third-order valence-corrected chi connectivity index (χ3v) is 5.27. The number of aromatic nitrogens is 4. The molecule has 2 heterocycles. The Kier molecular flexibility index (Phi) is 6.13. The lowest BCUT2D eigenvalue weighted by atomic mass is 10.1. The number of halogens is 1. The molecular formula is C18H21ClN4O2S. The van der Waals surface area contributed by atoms with Crippen molar-refractivity contribution in [2.75, 3.05) is 12.4 Å². The van der Waals surface area contributed by atoms with Gasteiger partial charge in [-0.2, -0.15) is 0 Å². The molecule has 0 aliphatic rings. The van der Waals surface area contributed by atoms with Crippen LogP contribution in [-0.2, 0) is 4.74 Å². The first-order chi connectivity index (χ1) is 12.4. The van der Waals surface area contributed by atoms with Gasteiger partial charge in [0.1, 0.15) is 0 Å². The first-order valence-electron chi connectivity index (χ1n) is 8.31. The number of aliphatic hydroxyl groups excluding tert-OH is 1. The molecule has 2 aromatic heterocycles. The molecule has 0 bridgehead atoms. The number of benzene rings is 1. The first kappa shape index (κ1) is 19.1. The molecule has 0 unspecified atom stereocenters. The lowest BCUT2D eigenvalue weighted by molar-refractivity contribution is 0.00621. The third kappa shape index (κ3) is 4.54. The number of hydrogen-bond acceptors (Lipinski definition) is 6. The molecule has 0 radical (unpaired) electrons. The summed E-state index contributed by atoms with van der Waals surface area (Å²) >= 11 is 7.33. The topological polar surface area (TPSA) is 72.5 Å². The lowest BCUT2D eigenvalue weighted by Crippen LogP contribution is -2.19. The summed E-state index contributed by atoms with van der Waals surface area (Å²) in [6.45, 7) is 6.11. The van der Waals surface area contributed by atoms with Gasteiger partial charge in [0, 0.05) is 22.2 Å². The van der Waals surface area contributed by atoms with E-state index >= 15 is 0 Å². The Morgan fingerprint density at radius 1 is 1.23 bits per heavy atom. The molecule has 1 N–H and O–H groups in total. The van der Waals surface area contributed by atoms with Crippen LogP contribution in [0.25, 0.3) is 5.78 Å². The van der Waals surface area contributed by atoms with Crippen LogP contribution in [0.15, 0.2) is 35.5 Å². The van der Waals surface area contributed by atoms with Crippen molar-refractivity contribution in [3.05, 3.63) is 52.3 Å². The molecular weight excluding hydrogens is 372 g/mol. The van der Waals surface area contributed by atoms with E-state index in [1.165, 1.54) is 11.8 Å². The van der Waals surface area contributed by atoms with Gasteiger partial charge < -0.3 is 9.84 Å². The van der Waals surface area contributed by atoms with Gasteiger partial charge in [0.2, 0.25) is 0 Å². The quantitative estimate of drug-likeness (QED) is 0.619. The molecule has 0 saturated carbocycles.